The lowest BCUT2D eigenvalue weighted by Gasteiger charge is -2.33. The van der Waals surface area contributed by atoms with Crippen molar-refractivity contribution in [1.29, 1.82) is 0 Å². The summed E-state index contributed by atoms with van der Waals surface area (Å²) in [5, 5.41) is 3.81. The zero-order valence-corrected chi connectivity index (χ0v) is 16.9. The van der Waals surface area contributed by atoms with Crippen LogP contribution in [0.1, 0.15) is 73.7 Å². The highest BCUT2D eigenvalue weighted by Crippen LogP contribution is 2.49. The Bertz CT molecular complexity index is 746. The van der Waals surface area contributed by atoms with E-state index in [9.17, 15) is 9.59 Å². The number of carbonyl (C=O) groups excluding carboxylic acids is 2. The van der Waals surface area contributed by atoms with Crippen LogP contribution in [-0.4, -0.2) is 11.8 Å². The number of nitrogens with one attached hydrogen (secondary N) is 1. The third-order valence-corrected chi connectivity index (χ3v) is 8.22. The Morgan fingerprint density at radius 1 is 1.15 bits per heavy atom. The number of rotatable bonds is 3. The normalized spacial score (nSPS) is 30.3. The first kappa shape index (κ1) is 18.0. The summed E-state index contributed by atoms with van der Waals surface area (Å²) in [4.78, 5) is 26.2. The fourth-order valence-corrected chi connectivity index (χ4v) is 6.78. The molecule has 0 radical (unpaired) electrons. The van der Waals surface area contributed by atoms with Crippen molar-refractivity contribution < 1.29 is 9.59 Å². The highest BCUT2D eigenvalue weighted by Gasteiger charge is 2.43. The third-order valence-electron chi connectivity index (χ3n) is 7.05. The van der Waals surface area contributed by atoms with E-state index in [1.54, 1.807) is 11.3 Å². The number of hydrogen-bond acceptors (Lipinski definition) is 3. The molecule has 142 valence electrons. The van der Waals surface area contributed by atoms with Crippen LogP contribution in [-0.2, 0) is 17.6 Å². The smallest absolute Gasteiger partial charge is 0.251 e. The zero-order valence-electron chi connectivity index (χ0n) is 16.1. The molecule has 0 unspecified atom stereocenters. The second-order valence-electron chi connectivity index (χ2n) is 9.65. The van der Waals surface area contributed by atoms with Crippen LogP contribution < -0.4 is 11.1 Å². The number of primary amides is 1. The molecule has 0 aliphatic heterocycles. The standard InChI is InChI=1S/C21H30N2O2S/c1-21(2,3)13-6-7-14-16(10-13)26-20(17(14)18(22)24)23-19(25)15-9-11-4-5-12(15)8-11/h11-13,15H,4-10H2,1-3H3,(H2,22,24)(H,23,25)/t11-,12-,13+,15-/m0/s1. The molecule has 2 fully saturated rings. The minimum atomic E-state index is -0.403. The summed E-state index contributed by atoms with van der Waals surface area (Å²) in [6, 6.07) is 0. The van der Waals surface area contributed by atoms with Crippen molar-refractivity contribution in [1.82, 2.24) is 0 Å². The molecule has 1 aromatic rings. The predicted octanol–water partition coefficient (Wildman–Crippen LogP) is 4.37. The summed E-state index contributed by atoms with van der Waals surface area (Å²) in [5.41, 5.74) is 7.63. The second-order valence-corrected chi connectivity index (χ2v) is 10.8. The van der Waals surface area contributed by atoms with Crippen LogP contribution in [0.25, 0.3) is 0 Å². The zero-order chi connectivity index (χ0) is 18.6. The molecule has 4 nitrogen and oxygen atoms in total. The van der Waals surface area contributed by atoms with Crippen molar-refractivity contribution in [2.75, 3.05) is 5.32 Å². The Balaban J connectivity index is 1.58. The Morgan fingerprint density at radius 2 is 1.92 bits per heavy atom. The van der Waals surface area contributed by atoms with Crippen molar-refractivity contribution in [2.24, 2.45) is 34.8 Å². The first-order valence-electron chi connectivity index (χ1n) is 9.99. The molecule has 3 aliphatic rings. The SMILES string of the molecule is CC(C)(C)[C@@H]1CCc2c(sc(NC(=O)[C@H]3C[C@H]4CC[C@H]3C4)c2C(N)=O)C1. The van der Waals surface area contributed by atoms with E-state index in [0.29, 0.717) is 22.4 Å². The van der Waals surface area contributed by atoms with E-state index in [1.165, 1.54) is 24.1 Å². The first-order chi connectivity index (χ1) is 12.2. The van der Waals surface area contributed by atoms with Gasteiger partial charge in [-0.15, -0.1) is 11.3 Å². The molecule has 1 heterocycles. The van der Waals surface area contributed by atoms with Gasteiger partial charge >= 0.3 is 0 Å². The van der Waals surface area contributed by atoms with Gasteiger partial charge in [0.25, 0.3) is 5.91 Å². The maximum Gasteiger partial charge on any atom is 0.251 e. The molecular formula is C21H30N2O2S. The van der Waals surface area contributed by atoms with Crippen molar-refractivity contribution >= 4 is 28.2 Å². The van der Waals surface area contributed by atoms with Gasteiger partial charge in [0.05, 0.1) is 5.56 Å². The van der Waals surface area contributed by atoms with Crippen LogP contribution in [0.2, 0.25) is 0 Å². The molecule has 4 rings (SSSR count). The van der Waals surface area contributed by atoms with Crippen LogP contribution in [0.5, 0.6) is 0 Å². The number of thiophene rings is 1. The monoisotopic (exact) mass is 374 g/mol. The lowest BCUT2D eigenvalue weighted by Crippen LogP contribution is -2.28. The number of carbonyl (C=O) groups is 2. The molecule has 0 spiro atoms. The summed E-state index contributed by atoms with van der Waals surface area (Å²) in [7, 11) is 0. The van der Waals surface area contributed by atoms with Gasteiger partial charge in [-0.05, 0) is 67.3 Å². The molecule has 3 aliphatic carbocycles. The highest BCUT2D eigenvalue weighted by atomic mass is 32.1. The lowest BCUT2D eigenvalue weighted by atomic mass is 9.72. The Kier molecular flexibility index (Phi) is 4.41. The molecule has 3 N–H and O–H groups in total. The minimum Gasteiger partial charge on any atom is -0.365 e. The summed E-state index contributed by atoms with van der Waals surface area (Å²) in [6.07, 6.45) is 7.62. The molecule has 26 heavy (non-hydrogen) atoms. The van der Waals surface area contributed by atoms with Crippen LogP contribution >= 0.6 is 11.3 Å². The maximum absolute atomic E-state index is 12.9. The minimum absolute atomic E-state index is 0.102. The highest BCUT2D eigenvalue weighted by molar-refractivity contribution is 7.17. The van der Waals surface area contributed by atoms with E-state index < -0.39 is 5.91 Å². The molecule has 2 amide bonds. The van der Waals surface area contributed by atoms with E-state index in [0.717, 1.165) is 37.2 Å². The van der Waals surface area contributed by atoms with Gasteiger partial charge < -0.3 is 11.1 Å². The molecule has 2 bridgehead atoms. The number of fused-ring (bicyclic) bond motifs is 3. The van der Waals surface area contributed by atoms with Gasteiger partial charge in [-0.1, -0.05) is 27.2 Å². The van der Waals surface area contributed by atoms with Gasteiger partial charge in [-0.25, -0.2) is 0 Å². The van der Waals surface area contributed by atoms with E-state index >= 15 is 0 Å². The van der Waals surface area contributed by atoms with Gasteiger partial charge in [0.1, 0.15) is 5.00 Å². The second kappa shape index (κ2) is 6.36. The van der Waals surface area contributed by atoms with Gasteiger partial charge in [0.15, 0.2) is 0 Å². The first-order valence-corrected chi connectivity index (χ1v) is 10.8. The number of anilines is 1. The van der Waals surface area contributed by atoms with E-state index in [1.807, 2.05) is 0 Å². The predicted molar refractivity (Wildman–Crippen MR) is 105 cm³/mol. The average Bonchev–Trinajstić information content (AvgIpc) is 3.26. The van der Waals surface area contributed by atoms with Gasteiger partial charge in [-0.2, -0.15) is 0 Å². The van der Waals surface area contributed by atoms with Gasteiger partial charge in [0.2, 0.25) is 5.91 Å². The summed E-state index contributed by atoms with van der Waals surface area (Å²) >= 11 is 1.58. The molecule has 4 atom stereocenters. The van der Waals surface area contributed by atoms with Gasteiger partial charge in [0, 0.05) is 10.8 Å². The number of nitrogens with two attached hydrogens (primary N) is 1. The Morgan fingerprint density at radius 3 is 2.50 bits per heavy atom. The summed E-state index contributed by atoms with van der Waals surface area (Å²) < 4.78 is 0. The Labute approximate surface area is 159 Å². The topological polar surface area (TPSA) is 72.2 Å². The molecule has 1 aromatic heterocycles. The van der Waals surface area contributed by atoms with E-state index in [4.69, 9.17) is 5.73 Å². The Hall–Kier alpha value is -1.36. The quantitative estimate of drug-likeness (QED) is 0.824. The molecule has 2 saturated carbocycles. The average molecular weight is 375 g/mol. The van der Waals surface area contributed by atoms with Crippen LogP contribution in [0.4, 0.5) is 5.00 Å². The van der Waals surface area contributed by atoms with Crippen molar-refractivity contribution in [3.8, 4) is 0 Å². The number of amides is 2. The maximum atomic E-state index is 12.9. The molecule has 5 heteroatoms. The van der Waals surface area contributed by atoms with E-state index in [2.05, 4.69) is 26.1 Å². The molecule has 0 aromatic carbocycles. The lowest BCUT2D eigenvalue weighted by molar-refractivity contribution is -0.121. The van der Waals surface area contributed by atoms with Crippen LogP contribution in [0.3, 0.4) is 0 Å². The fraction of sp³-hybridized carbons (Fsp3) is 0.714. The van der Waals surface area contributed by atoms with Gasteiger partial charge in [-0.3, -0.25) is 9.59 Å². The largest absolute Gasteiger partial charge is 0.365 e. The van der Waals surface area contributed by atoms with Crippen molar-refractivity contribution in [3.05, 3.63) is 16.0 Å². The fourth-order valence-electron chi connectivity index (χ4n) is 5.44. The summed E-state index contributed by atoms with van der Waals surface area (Å²) in [6.45, 7) is 6.84. The molecule has 0 saturated heterocycles. The summed E-state index contributed by atoms with van der Waals surface area (Å²) in [5.74, 6) is 1.69. The van der Waals surface area contributed by atoms with Crippen LogP contribution in [0.15, 0.2) is 0 Å². The van der Waals surface area contributed by atoms with Crippen molar-refractivity contribution in [3.63, 3.8) is 0 Å². The van der Waals surface area contributed by atoms with E-state index in [-0.39, 0.29) is 17.2 Å². The number of hydrogen-bond donors (Lipinski definition) is 2. The van der Waals surface area contributed by atoms with Crippen LogP contribution in [0, 0.1) is 29.1 Å². The van der Waals surface area contributed by atoms with Crippen molar-refractivity contribution in [2.45, 2.75) is 65.7 Å². The third kappa shape index (κ3) is 3.08. The molecular weight excluding hydrogens is 344 g/mol.